The fraction of sp³-hybridized carbons (Fsp3) is 0.106. The Balaban J connectivity index is 0.000000169. The summed E-state index contributed by atoms with van der Waals surface area (Å²) in [5.74, 6) is -3.16. The Hall–Kier alpha value is -14.5. The largest absolute Gasteiger partial charge is 0.324 e. The van der Waals surface area contributed by atoms with E-state index in [9.17, 15) is 14.4 Å². The lowest BCUT2D eigenvalue weighted by molar-refractivity contribution is 0.101. The fourth-order valence-electron chi connectivity index (χ4n) is 9.95. The van der Waals surface area contributed by atoms with Crippen LogP contribution in [-0.4, -0.2) is 86.2 Å². The minimum atomic E-state index is -2.97. The monoisotopic (exact) mass is 1450 g/mol. The Labute approximate surface area is 659 Å². The van der Waals surface area contributed by atoms with Gasteiger partial charge in [-0.2, -0.15) is 0 Å². The molecule has 15 aromatic rings. The lowest BCUT2D eigenvalue weighted by Crippen LogP contribution is -2.13. The van der Waals surface area contributed by atoms with Crippen LogP contribution in [-0.2, 0) is 0 Å². The van der Waals surface area contributed by atoms with Gasteiger partial charge in [-0.15, -0.1) is 0 Å². The number of hydrogen-bond donors (Lipinski definition) is 6. The summed E-state index contributed by atoms with van der Waals surface area (Å²) in [5.41, 5.74) is 1.43. The third-order valence-corrected chi connectivity index (χ3v) is 15.1. The number of nitrogens with zero attached hydrogens (tertiary/aromatic N) is 14. The Kier molecular flexibility index (Phi) is 14.3. The Morgan fingerprint density at radius 2 is 0.796 bits per heavy atom. The van der Waals surface area contributed by atoms with Gasteiger partial charge < -0.3 is 45.6 Å². The van der Waals surface area contributed by atoms with E-state index >= 15 is 0 Å². The molecule has 0 aliphatic heterocycles. The molecule has 23 nitrogen and oxygen atoms in total. The van der Waals surface area contributed by atoms with Crippen LogP contribution < -0.4 is 31.9 Å². The van der Waals surface area contributed by atoms with Crippen LogP contribution in [0.1, 0.15) is 116 Å². The summed E-state index contributed by atoms with van der Waals surface area (Å²) >= 11 is 0. The molecule has 9 heterocycles. The number of carbonyl (C=O) groups is 3. The highest BCUT2D eigenvalue weighted by atomic mass is 16.2. The standard InChI is InChI=1S/C29H26N6O.2C28H25N7O/c1-19-9-12-35(18-19)25-14-20(2)13-24(16-25)32-28(36)22-7-6-21(3)27(15-22)34-29-31-11-8-26(33-29)23-5-4-10-30-17-23;2*1-18-11-23(14-24(12-18)35-16-20(3)31-17-35)32-27(36)21-7-6-19(2)26(13-21)34-28-30-10-8-25(33-28)22-5-4-9-29-15-22/h4-18H,1-3H3,(H,32,36)(H,31,33,34);2*4-17H,1-3H3,(H,32,36)(H,30,33,34)/i6D,7D,12D,13D,14D,15D,16D,18D;6D,7D,11D,12D,13D,14D,16D,17D;2D3,6D,7D,11D,12D,13D,14D. The second kappa shape index (κ2) is 32.9. The molecular weight excluding hydrogens is 1350 g/mol. The molecule has 9 aromatic heterocycles. The zero-order chi connectivity index (χ0) is 96.9. The van der Waals surface area contributed by atoms with Gasteiger partial charge in [-0.1, -0.05) is 18.1 Å². The molecule has 3 amide bonds. The second-order valence-electron chi connectivity index (χ2n) is 23.5. The van der Waals surface area contributed by atoms with Gasteiger partial charge in [0.05, 0.1) is 69.9 Å². The van der Waals surface area contributed by atoms with Crippen LogP contribution in [0.15, 0.2) is 263 Å². The molecule has 6 N–H and O–H groups in total. The van der Waals surface area contributed by atoms with Crippen LogP contribution in [0.25, 0.3) is 50.8 Å². The van der Waals surface area contributed by atoms with Crippen molar-refractivity contribution in [3.8, 4) is 50.8 Å². The van der Waals surface area contributed by atoms with E-state index in [1.165, 1.54) is 77.1 Å². The van der Waals surface area contributed by atoms with Crippen LogP contribution >= 0.6 is 0 Å². The van der Waals surface area contributed by atoms with Gasteiger partial charge >= 0.3 is 0 Å². The van der Waals surface area contributed by atoms with Crippen molar-refractivity contribution >= 4 is 69.7 Å². The van der Waals surface area contributed by atoms with E-state index in [4.69, 9.17) is 34.3 Å². The third-order valence-electron chi connectivity index (χ3n) is 15.1. The van der Waals surface area contributed by atoms with Crippen molar-refractivity contribution in [2.45, 2.75) is 62.2 Å². The van der Waals surface area contributed by atoms with Crippen molar-refractivity contribution in [1.82, 2.24) is 68.5 Å². The van der Waals surface area contributed by atoms with Gasteiger partial charge in [0.15, 0.2) is 0 Å². The molecule has 0 fully saturated rings. The molecule has 0 saturated heterocycles. The highest BCUT2D eigenvalue weighted by molar-refractivity contribution is 6.07. The molecule has 0 radical (unpaired) electrons. The molecule has 108 heavy (non-hydrogen) atoms. The number of hydrogen-bond acceptors (Lipinski definition) is 17. The van der Waals surface area contributed by atoms with Crippen molar-refractivity contribution in [3.63, 3.8) is 0 Å². The van der Waals surface area contributed by atoms with Crippen molar-refractivity contribution in [3.05, 3.63) is 330 Å². The summed E-state index contributed by atoms with van der Waals surface area (Å²) in [6.45, 7) is 9.28. The van der Waals surface area contributed by atoms with Crippen LogP contribution in [0, 0.1) is 62.2 Å². The number of anilines is 9. The zero-order valence-corrected chi connectivity index (χ0v) is 58.6. The summed E-state index contributed by atoms with van der Waals surface area (Å²) in [6, 6.07) is 8.87. The first-order valence-electron chi connectivity index (χ1n) is 45.2. The van der Waals surface area contributed by atoms with Crippen molar-refractivity contribution < 1.29 is 48.7 Å². The first-order valence-corrected chi connectivity index (χ1v) is 32.7. The van der Waals surface area contributed by atoms with E-state index < -0.39 is 113 Å². The average molecular weight is 1450 g/mol. The number of amides is 3. The number of aromatic nitrogens is 14. The van der Waals surface area contributed by atoms with E-state index in [1.807, 2.05) is 12.1 Å². The van der Waals surface area contributed by atoms with Gasteiger partial charge in [0.2, 0.25) is 17.8 Å². The van der Waals surface area contributed by atoms with Gasteiger partial charge in [0.1, 0.15) is 1.37 Å². The average Bonchev–Trinajstić information content (AvgIpc) is 1.50. The number of nitrogens with one attached hydrogen (secondary N) is 6. The molecule has 15 rings (SSSR count). The summed E-state index contributed by atoms with van der Waals surface area (Å²) in [4.78, 5) is 87.0. The van der Waals surface area contributed by atoms with E-state index in [-0.39, 0.29) is 170 Å². The maximum Gasteiger partial charge on any atom is 0.255 e. The molecular formula is C85H76N20O3. The maximum absolute atomic E-state index is 13.7. The molecule has 6 aromatic carbocycles. The highest BCUT2D eigenvalue weighted by Crippen LogP contribution is 2.30. The minimum Gasteiger partial charge on any atom is -0.324 e. The molecule has 0 atom stereocenters. The van der Waals surface area contributed by atoms with Crippen LogP contribution in [0.4, 0.5) is 52.0 Å². The molecule has 0 spiro atoms. The highest BCUT2D eigenvalue weighted by Gasteiger charge is 2.17. The summed E-state index contributed by atoms with van der Waals surface area (Å²) in [7, 11) is 0. The molecule has 0 aliphatic rings. The number of rotatable bonds is 18. The lowest BCUT2D eigenvalue weighted by Gasteiger charge is -2.13. The molecule has 0 unspecified atom stereocenters. The maximum atomic E-state index is 13.7. The second-order valence-corrected chi connectivity index (χ2v) is 23.5. The number of carbonyl (C=O) groups excluding carboxylic acids is 3. The predicted octanol–water partition coefficient (Wildman–Crippen LogP) is 17.5. The molecule has 23 heteroatoms. The first kappa shape index (κ1) is 47.0. The van der Waals surface area contributed by atoms with Crippen molar-refractivity contribution in [2.24, 2.45) is 0 Å². The van der Waals surface area contributed by atoms with Crippen molar-refractivity contribution in [1.29, 1.82) is 0 Å². The normalized spacial score (nSPS) is 14.1. The van der Waals surface area contributed by atoms with E-state index in [1.54, 1.807) is 99.7 Å². The topological polar surface area (TPSA) is 280 Å². The minimum absolute atomic E-state index is 0.0154. The molecule has 0 aliphatic carbocycles. The van der Waals surface area contributed by atoms with Gasteiger partial charge in [-0.25, -0.2) is 39.9 Å². The fourth-order valence-corrected chi connectivity index (χ4v) is 9.95. The number of aryl methyl sites for hydroxylation is 3. The smallest absolute Gasteiger partial charge is 0.255 e. The van der Waals surface area contributed by atoms with Gasteiger partial charge in [-0.3, -0.25) is 29.3 Å². The number of imidazole rings is 2. The van der Waals surface area contributed by atoms with Crippen LogP contribution in [0.2, 0.25) is 0 Å². The van der Waals surface area contributed by atoms with E-state index in [0.717, 1.165) is 20.3 Å². The number of pyridine rings is 3. The van der Waals surface area contributed by atoms with Crippen molar-refractivity contribution in [2.75, 3.05) is 31.9 Å². The van der Waals surface area contributed by atoms with E-state index in [0.29, 0.717) is 33.9 Å². The summed E-state index contributed by atoms with van der Waals surface area (Å²) in [5, 5.41) is 15.8. The van der Waals surface area contributed by atoms with Gasteiger partial charge in [0, 0.05) is 169 Å². The molecule has 0 bridgehead atoms. The van der Waals surface area contributed by atoms with Crippen LogP contribution in [0.3, 0.4) is 0 Å². The van der Waals surface area contributed by atoms with Gasteiger partial charge in [-0.05, 0) is 252 Å². The van der Waals surface area contributed by atoms with Crippen LogP contribution in [0.5, 0.6) is 0 Å². The summed E-state index contributed by atoms with van der Waals surface area (Å²) < 4.78 is 216. The zero-order valence-electron chi connectivity index (χ0n) is 83.6. The molecule has 0 saturated carbocycles. The first-order chi connectivity index (χ1) is 62.9. The quantitative estimate of drug-likeness (QED) is 0.0466. The molecule has 534 valence electrons. The Bertz CT molecular complexity index is 6950. The number of benzene rings is 6. The van der Waals surface area contributed by atoms with E-state index in [2.05, 4.69) is 86.7 Å². The Morgan fingerprint density at radius 3 is 1.16 bits per heavy atom. The SMILES string of the molecule is [2H]c1c(C)c([2H])c(-n2cnc(C)c2)c([2H])c1NC(=O)c1c([2H])c([2H])c(C([2H])([2H])[2H])c(Nc2nccc(-c3cccnc3)n2)c1[2H].[2H]c1c([2H])c(C(=O)Nc2c([2H])c(C)c([2H])c(-n3c([2H])cc(C)c3[2H])c2[2H])c([2H])c(Nc2nccc(-c3cccnc3)n2)c1C.[2H]c1c([2H])c(C(=O)Nc2c([2H])c(C)c([2H])c(-n3c([2H])nc(C)c3[2H])c2[2H])c([2H])c(Nc2nccc(-c3cccnc3)n2)c1C. The lowest BCUT2D eigenvalue weighted by atomic mass is 10.1. The summed E-state index contributed by atoms with van der Waals surface area (Å²) in [6.07, 6.45) is 16.1. The predicted molar refractivity (Wildman–Crippen MR) is 424 cm³/mol. The Morgan fingerprint density at radius 1 is 0.389 bits per heavy atom. The van der Waals surface area contributed by atoms with Gasteiger partial charge in [0.25, 0.3) is 17.7 Å². The third kappa shape index (κ3) is 18.5.